The van der Waals surface area contributed by atoms with Gasteiger partial charge in [-0.05, 0) is 61.7 Å². The lowest BCUT2D eigenvalue weighted by Crippen LogP contribution is -2.54. The fourth-order valence-corrected chi connectivity index (χ4v) is 5.32. The summed E-state index contributed by atoms with van der Waals surface area (Å²) >= 11 is 0. The number of amides is 3. The summed E-state index contributed by atoms with van der Waals surface area (Å²) in [7, 11) is 0. The number of hydrogen-bond donors (Lipinski definition) is 3. The monoisotopic (exact) mass is 585 g/mol. The molecule has 0 aromatic rings. The lowest BCUT2D eigenvalue weighted by molar-refractivity contribution is -0.164. The zero-order chi connectivity index (χ0) is 32.3. The molecule has 0 saturated heterocycles. The predicted molar refractivity (Wildman–Crippen MR) is 166 cm³/mol. The van der Waals surface area contributed by atoms with Crippen molar-refractivity contribution in [2.45, 2.75) is 134 Å². The van der Waals surface area contributed by atoms with Crippen molar-refractivity contribution in [1.29, 1.82) is 0 Å². The Morgan fingerprint density at radius 2 is 0.951 bits per heavy atom. The van der Waals surface area contributed by atoms with Gasteiger partial charge in [-0.3, -0.25) is 9.59 Å². The van der Waals surface area contributed by atoms with Crippen LogP contribution in [0.2, 0.25) is 0 Å². The zero-order valence-corrected chi connectivity index (χ0v) is 28.8. The van der Waals surface area contributed by atoms with Crippen molar-refractivity contribution in [1.82, 2.24) is 16.0 Å². The molecule has 3 amide bonds. The Morgan fingerprint density at radius 1 is 0.585 bits per heavy atom. The first-order chi connectivity index (χ1) is 18.4. The minimum atomic E-state index is -1.17. The molecule has 0 aliphatic heterocycles. The predicted octanol–water partition coefficient (Wildman–Crippen LogP) is 5.85. The van der Waals surface area contributed by atoms with Gasteiger partial charge in [0, 0.05) is 19.6 Å². The molecule has 2 atom stereocenters. The first kappa shape index (κ1) is 39.1. The second-order valence-corrected chi connectivity index (χ2v) is 16.3. The van der Waals surface area contributed by atoms with Crippen molar-refractivity contribution in [3.8, 4) is 0 Å². The van der Waals surface area contributed by atoms with Crippen LogP contribution in [0.15, 0.2) is 0 Å². The van der Waals surface area contributed by atoms with E-state index in [1.54, 1.807) is 20.8 Å². The molecule has 9 heteroatoms. The standard InChI is InChI=1S/C32H63N3O6/c1-15-16-33-25(36)23(39-21-31(11,12)19-28(2,3)4)24(40-22-32(13,14)20-29(5,6)7)26(37)34-17-18-35-27(38)41-30(8,9)10/h23-24H,15-22H2,1-14H3,(H,33,36)(H,34,37)(H,35,38)/t23-,24-/m1/s1. The van der Waals surface area contributed by atoms with Gasteiger partial charge in [0.15, 0.2) is 12.2 Å². The Hall–Kier alpha value is -1.87. The van der Waals surface area contributed by atoms with Gasteiger partial charge in [0.2, 0.25) is 0 Å². The van der Waals surface area contributed by atoms with E-state index in [1.165, 1.54) is 0 Å². The molecule has 0 unspecified atom stereocenters. The van der Waals surface area contributed by atoms with Crippen LogP contribution in [0.1, 0.15) is 116 Å². The molecule has 0 bridgehead atoms. The van der Waals surface area contributed by atoms with Gasteiger partial charge < -0.3 is 30.2 Å². The summed E-state index contributed by atoms with van der Waals surface area (Å²) in [4.78, 5) is 38.9. The highest BCUT2D eigenvalue weighted by Gasteiger charge is 2.39. The third-order valence-corrected chi connectivity index (χ3v) is 5.76. The van der Waals surface area contributed by atoms with Crippen molar-refractivity contribution in [2.75, 3.05) is 32.8 Å². The molecule has 0 radical (unpaired) electrons. The molecular weight excluding hydrogens is 522 g/mol. The minimum absolute atomic E-state index is 0.0589. The largest absolute Gasteiger partial charge is 0.444 e. The highest BCUT2D eigenvalue weighted by atomic mass is 16.6. The van der Waals surface area contributed by atoms with Crippen LogP contribution in [0.3, 0.4) is 0 Å². The van der Waals surface area contributed by atoms with E-state index in [-0.39, 0.29) is 53.9 Å². The van der Waals surface area contributed by atoms with E-state index in [9.17, 15) is 14.4 Å². The second kappa shape index (κ2) is 16.1. The van der Waals surface area contributed by atoms with Crippen LogP contribution in [0, 0.1) is 21.7 Å². The maximum absolute atomic E-state index is 13.6. The smallest absolute Gasteiger partial charge is 0.407 e. The van der Waals surface area contributed by atoms with Crippen LogP contribution < -0.4 is 16.0 Å². The van der Waals surface area contributed by atoms with Gasteiger partial charge in [-0.1, -0.05) is 76.2 Å². The maximum Gasteiger partial charge on any atom is 0.407 e. The van der Waals surface area contributed by atoms with Gasteiger partial charge in [-0.25, -0.2) is 4.79 Å². The van der Waals surface area contributed by atoms with Crippen LogP contribution in [0.25, 0.3) is 0 Å². The van der Waals surface area contributed by atoms with E-state index < -0.39 is 29.8 Å². The fraction of sp³-hybridized carbons (Fsp3) is 0.906. The van der Waals surface area contributed by atoms with E-state index in [4.69, 9.17) is 14.2 Å². The summed E-state index contributed by atoms with van der Waals surface area (Å²) in [6.07, 6.45) is -0.385. The molecule has 0 spiro atoms. The molecule has 0 aliphatic rings. The van der Waals surface area contributed by atoms with Crippen LogP contribution in [0.4, 0.5) is 4.79 Å². The molecule has 9 nitrogen and oxygen atoms in total. The van der Waals surface area contributed by atoms with E-state index in [0.29, 0.717) is 6.54 Å². The first-order valence-electron chi connectivity index (χ1n) is 15.1. The van der Waals surface area contributed by atoms with Gasteiger partial charge >= 0.3 is 6.09 Å². The molecule has 0 aliphatic carbocycles. The second-order valence-electron chi connectivity index (χ2n) is 16.3. The topological polar surface area (TPSA) is 115 Å². The number of alkyl carbamates (subject to hydrolysis) is 1. The minimum Gasteiger partial charge on any atom is -0.444 e. The maximum atomic E-state index is 13.6. The van der Waals surface area contributed by atoms with Crippen molar-refractivity contribution < 1.29 is 28.6 Å². The summed E-state index contributed by atoms with van der Waals surface area (Å²) in [5.41, 5.74) is -0.971. The Kier molecular flexibility index (Phi) is 15.4. The van der Waals surface area contributed by atoms with Gasteiger partial charge in [-0.2, -0.15) is 0 Å². The molecule has 0 aromatic carbocycles. The molecule has 41 heavy (non-hydrogen) atoms. The number of hydrogen-bond acceptors (Lipinski definition) is 6. The van der Waals surface area contributed by atoms with E-state index in [0.717, 1.165) is 19.3 Å². The zero-order valence-electron chi connectivity index (χ0n) is 28.8. The van der Waals surface area contributed by atoms with Crippen molar-refractivity contribution in [2.24, 2.45) is 21.7 Å². The highest BCUT2D eigenvalue weighted by molar-refractivity contribution is 5.91. The number of carbonyl (C=O) groups excluding carboxylic acids is 3. The molecule has 0 saturated carbocycles. The summed E-state index contributed by atoms with van der Waals surface area (Å²) in [5, 5.41) is 8.35. The fourth-order valence-electron chi connectivity index (χ4n) is 5.32. The number of carbonyl (C=O) groups is 3. The molecular formula is C32H63N3O6. The SMILES string of the molecule is CCCNC(=O)[C@H](OCC(C)(C)CC(C)(C)C)[C@@H](OCC(C)(C)CC(C)(C)C)C(=O)NCCNC(=O)OC(C)(C)C. The number of rotatable bonds is 16. The molecule has 242 valence electrons. The van der Waals surface area contributed by atoms with Crippen molar-refractivity contribution >= 4 is 17.9 Å². The molecule has 0 heterocycles. The third kappa shape index (κ3) is 19.8. The first-order valence-corrected chi connectivity index (χ1v) is 15.1. The normalized spacial score (nSPS) is 14.7. The van der Waals surface area contributed by atoms with Crippen LogP contribution in [-0.4, -0.2) is 68.6 Å². The molecule has 0 rings (SSSR count). The van der Waals surface area contributed by atoms with Gasteiger partial charge in [-0.15, -0.1) is 0 Å². The van der Waals surface area contributed by atoms with Crippen LogP contribution in [-0.2, 0) is 23.8 Å². The quantitative estimate of drug-likeness (QED) is 0.196. The van der Waals surface area contributed by atoms with Gasteiger partial charge in [0.25, 0.3) is 11.8 Å². The van der Waals surface area contributed by atoms with E-state index in [2.05, 4.69) is 85.2 Å². The Morgan fingerprint density at radius 3 is 1.29 bits per heavy atom. The number of ether oxygens (including phenoxy) is 3. The molecule has 0 aromatic heterocycles. The molecule has 3 N–H and O–H groups in total. The van der Waals surface area contributed by atoms with Gasteiger partial charge in [0.1, 0.15) is 5.60 Å². The average Bonchev–Trinajstić information content (AvgIpc) is 2.72. The Bertz CT molecular complexity index is 819. The van der Waals surface area contributed by atoms with Crippen molar-refractivity contribution in [3.05, 3.63) is 0 Å². The van der Waals surface area contributed by atoms with Crippen LogP contribution >= 0.6 is 0 Å². The average molecular weight is 586 g/mol. The number of nitrogens with one attached hydrogen (secondary N) is 3. The Labute approximate surface area is 251 Å². The van der Waals surface area contributed by atoms with E-state index in [1.807, 2.05) is 6.92 Å². The summed E-state index contributed by atoms with van der Waals surface area (Å²) in [5.74, 6) is -0.841. The van der Waals surface area contributed by atoms with Crippen molar-refractivity contribution in [3.63, 3.8) is 0 Å². The van der Waals surface area contributed by atoms with E-state index >= 15 is 0 Å². The molecule has 0 fully saturated rings. The summed E-state index contributed by atoms with van der Waals surface area (Å²) in [6, 6.07) is 0. The van der Waals surface area contributed by atoms with Gasteiger partial charge in [0.05, 0.1) is 13.2 Å². The highest BCUT2D eigenvalue weighted by Crippen LogP contribution is 2.35. The summed E-state index contributed by atoms with van der Waals surface area (Å²) in [6.45, 7) is 30.0. The summed E-state index contributed by atoms with van der Waals surface area (Å²) < 4.78 is 17.8. The Balaban J connectivity index is 5.90. The third-order valence-electron chi connectivity index (χ3n) is 5.76. The van der Waals surface area contributed by atoms with Crippen LogP contribution in [0.5, 0.6) is 0 Å². The lowest BCUT2D eigenvalue weighted by atomic mass is 9.76. The lowest BCUT2D eigenvalue weighted by Gasteiger charge is -2.36.